The van der Waals surface area contributed by atoms with Gasteiger partial charge in [0.2, 0.25) is 0 Å². The second-order valence-electron chi connectivity index (χ2n) is 10.8. The smallest absolute Gasteiger partial charge is 0.418 e. The molecule has 0 spiro atoms. The third kappa shape index (κ3) is 4.25. The van der Waals surface area contributed by atoms with E-state index in [1.165, 1.54) is 16.7 Å². The molecule has 1 aromatic heterocycles. The molecule has 170 valence electrons. The van der Waals surface area contributed by atoms with Gasteiger partial charge in [-0.15, -0.1) is 0 Å². The highest BCUT2D eigenvalue weighted by molar-refractivity contribution is 9.10. The van der Waals surface area contributed by atoms with Crippen molar-refractivity contribution in [3.63, 3.8) is 0 Å². The lowest BCUT2D eigenvalue weighted by Crippen LogP contribution is -2.54. The van der Waals surface area contributed by atoms with Gasteiger partial charge in [-0.1, -0.05) is 48.0 Å². The van der Waals surface area contributed by atoms with E-state index in [2.05, 4.69) is 84.9 Å². The number of fused-ring (bicyclic) bond motifs is 1. The Bertz CT molecular complexity index is 1170. The lowest BCUT2D eigenvalue weighted by atomic mass is 9.71. The molecule has 1 unspecified atom stereocenters. The van der Waals surface area contributed by atoms with Crippen LogP contribution in [0.5, 0.6) is 0 Å². The zero-order chi connectivity index (χ0) is 23.4. The predicted octanol–water partition coefficient (Wildman–Crippen LogP) is 7.39. The minimum atomic E-state index is -0.532. The van der Waals surface area contributed by atoms with E-state index in [0.717, 1.165) is 34.0 Å². The number of aromatic nitrogens is 1. The van der Waals surface area contributed by atoms with Gasteiger partial charge < -0.3 is 4.74 Å². The van der Waals surface area contributed by atoms with E-state index in [0.29, 0.717) is 6.04 Å². The van der Waals surface area contributed by atoms with Gasteiger partial charge in [0, 0.05) is 35.2 Å². The quantitative estimate of drug-likeness (QED) is 0.379. The standard InChI is InChI=1S/C27H33BrN2O2/c1-17-14-18(2)23-21(12-13-30(23)25(31)32-26(3,4)5)22(17)15-29-16-27(6,7)24(29)19-8-10-20(28)11-9-19/h8-14,24H,15-16H2,1-7H3. The number of rotatable bonds is 3. The molecule has 1 atom stereocenters. The highest BCUT2D eigenvalue weighted by atomic mass is 79.9. The predicted molar refractivity (Wildman–Crippen MR) is 134 cm³/mol. The van der Waals surface area contributed by atoms with E-state index in [1.54, 1.807) is 4.57 Å². The minimum Gasteiger partial charge on any atom is -0.443 e. The summed E-state index contributed by atoms with van der Waals surface area (Å²) < 4.78 is 8.41. The summed E-state index contributed by atoms with van der Waals surface area (Å²) in [5, 5.41) is 1.13. The maximum atomic E-state index is 12.8. The Morgan fingerprint density at radius 3 is 2.38 bits per heavy atom. The Labute approximate surface area is 199 Å². The van der Waals surface area contributed by atoms with Gasteiger partial charge in [-0.2, -0.15) is 0 Å². The molecule has 2 aromatic carbocycles. The zero-order valence-corrected chi connectivity index (χ0v) is 21.7. The van der Waals surface area contributed by atoms with Crippen LogP contribution in [-0.2, 0) is 11.3 Å². The number of likely N-dealkylation sites (tertiary alicyclic amines) is 1. The van der Waals surface area contributed by atoms with Crippen LogP contribution in [0.15, 0.2) is 47.1 Å². The van der Waals surface area contributed by atoms with E-state index in [4.69, 9.17) is 4.74 Å². The van der Waals surface area contributed by atoms with E-state index >= 15 is 0 Å². The van der Waals surface area contributed by atoms with Crippen LogP contribution in [0.4, 0.5) is 4.79 Å². The highest BCUT2D eigenvalue weighted by Crippen LogP contribution is 2.49. The van der Waals surface area contributed by atoms with E-state index in [-0.39, 0.29) is 11.5 Å². The fourth-order valence-electron chi connectivity index (χ4n) is 5.18. The third-order valence-corrected chi connectivity index (χ3v) is 6.88. The molecule has 4 nitrogen and oxygen atoms in total. The number of benzene rings is 2. The van der Waals surface area contributed by atoms with Crippen molar-refractivity contribution in [2.24, 2.45) is 5.41 Å². The summed E-state index contributed by atoms with van der Waals surface area (Å²) in [6.45, 7) is 16.5. The monoisotopic (exact) mass is 496 g/mol. The minimum absolute atomic E-state index is 0.216. The Balaban J connectivity index is 1.70. The average molecular weight is 497 g/mol. The summed E-state index contributed by atoms with van der Waals surface area (Å²) >= 11 is 3.55. The molecule has 32 heavy (non-hydrogen) atoms. The SMILES string of the molecule is Cc1cc(C)c2c(ccn2C(=O)OC(C)(C)C)c1CN1CC(C)(C)C1c1ccc(Br)cc1. The Hall–Kier alpha value is -2.11. The van der Waals surface area contributed by atoms with Crippen molar-refractivity contribution in [3.05, 3.63) is 69.3 Å². The summed E-state index contributed by atoms with van der Waals surface area (Å²) in [6.07, 6.45) is 1.52. The fourth-order valence-corrected chi connectivity index (χ4v) is 5.45. The van der Waals surface area contributed by atoms with Crippen molar-refractivity contribution >= 4 is 32.9 Å². The first-order valence-electron chi connectivity index (χ1n) is 11.2. The molecule has 1 aliphatic heterocycles. The molecule has 0 radical (unpaired) electrons. The molecular formula is C27H33BrN2O2. The normalized spacial score (nSPS) is 18.6. The Morgan fingerprint density at radius 1 is 1.12 bits per heavy atom. The van der Waals surface area contributed by atoms with Gasteiger partial charge in [-0.05, 0) is 80.5 Å². The van der Waals surface area contributed by atoms with Crippen LogP contribution < -0.4 is 0 Å². The largest absolute Gasteiger partial charge is 0.443 e. The number of ether oxygens (including phenoxy) is 1. The van der Waals surface area contributed by atoms with Gasteiger partial charge in [0.25, 0.3) is 0 Å². The van der Waals surface area contributed by atoms with Gasteiger partial charge in [0.1, 0.15) is 5.60 Å². The molecule has 1 saturated heterocycles. The highest BCUT2D eigenvalue weighted by Gasteiger charge is 2.46. The summed E-state index contributed by atoms with van der Waals surface area (Å²) in [6, 6.07) is 13.3. The maximum Gasteiger partial charge on any atom is 0.418 e. The molecule has 0 aliphatic carbocycles. The summed E-state index contributed by atoms with van der Waals surface area (Å²) in [7, 11) is 0. The van der Waals surface area contributed by atoms with Crippen molar-refractivity contribution in [3.8, 4) is 0 Å². The summed E-state index contributed by atoms with van der Waals surface area (Å²) in [4.78, 5) is 15.4. The van der Waals surface area contributed by atoms with Crippen molar-refractivity contribution in [2.45, 2.75) is 66.7 Å². The first-order chi connectivity index (χ1) is 14.9. The summed E-state index contributed by atoms with van der Waals surface area (Å²) in [5.41, 5.74) is 5.60. The molecule has 0 saturated carbocycles. The third-order valence-electron chi connectivity index (χ3n) is 6.35. The Kier molecular flexibility index (Phi) is 5.79. The van der Waals surface area contributed by atoms with Crippen LogP contribution in [0.25, 0.3) is 10.9 Å². The first kappa shape index (κ1) is 23.1. The van der Waals surface area contributed by atoms with Gasteiger partial charge in [-0.25, -0.2) is 4.79 Å². The summed E-state index contributed by atoms with van der Waals surface area (Å²) in [5.74, 6) is 0. The molecule has 3 aromatic rings. The van der Waals surface area contributed by atoms with Crippen LogP contribution in [-0.4, -0.2) is 27.7 Å². The second kappa shape index (κ2) is 8.03. The van der Waals surface area contributed by atoms with Crippen molar-refractivity contribution in [1.29, 1.82) is 0 Å². The van der Waals surface area contributed by atoms with Crippen LogP contribution in [0.3, 0.4) is 0 Å². The molecule has 2 heterocycles. The number of carbonyl (C=O) groups excluding carboxylic acids is 1. The van der Waals surface area contributed by atoms with E-state index in [1.807, 2.05) is 27.0 Å². The fraction of sp³-hybridized carbons (Fsp3) is 0.444. The first-order valence-corrected chi connectivity index (χ1v) is 12.0. The number of aryl methyl sites for hydroxylation is 2. The van der Waals surface area contributed by atoms with Crippen LogP contribution in [0.2, 0.25) is 0 Å². The lowest BCUT2D eigenvalue weighted by Gasteiger charge is -2.55. The van der Waals surface area contributed by atoms with Gasteiger partial charge in [0.05, 0.1) is 5.52 Å². The number of halogens is 1. The average Bonchev–Trinajstić information content (AvgIpc) is 3.10. The topological polar surface area (TPSA) is 34.5 Å². The molecule has 1 aliphatic rings. The van der Waals surface area contributed by atoms with E-state index in [9.17, 15) is 4.79 Å². The molecule has 0 N–H and O–H groups in total. The molecule has 1 fully saturated rings. The lowest BCUT2D eigenvalue weighted by molar-refractivity contribution is -0.0586. The Morgan fingerprint density at radius 2 is 1.78 bits per heavy atom. The number of hydrogen-bond acceptors (Lipinski definition) is 3. The van der Waals surface area contributed by atoms with Crippen molar-refractivity contribution < 1.29 is 9.53 Å². The molecular weight excluding hydrogens is 464 g/mol. The second-order valence-corrected chi connectivity index (χ2v) is 11.7. The van der Waals surface area contributed by atoms with Crippen molar-refractivity contribution in [1.82, 2.24) is 9.47 Å². The van der Waals surface area contributed by atoms with E-state index < -0.39 is 5.60 Å². The molecule has 4 rings (SSSR count). The number of nitrogens with zero attached hydrogens (tertiary/aromatic N) is 2. The number of carbonyl (C=O) groups is 1. The van der Waals surface area contributed by atoms with Crippen LogP contribution in [0, 0.1) is 19.3 Å². The maximum absolute atomic E-state index is 12.8. The van der Waals surface area contributed by atoms with Gasteiger partial charge >= 0.3 is 6.09 Å². The van der Waals surface area contributed by atoms with Crippen LogP contribution >= 0.6 is 15.9 Å². The van der Waals surface area contributed by atoms with Crippen LogP contribution in [0.1, 0.15) is 62.9 Å². The van der Waals surface area contributed by atoms with Crippen molar-refractivity contribution in [2.75, 3.05) is 6.54 Å². The zero-order valence-electron chi connectivity index (χ0n) is 20.1. The molecule has 0 bridgehead atoms. The van der Waals surface area contributed by atoms with Gasteiger partial charge in [0.15, 0.2) is 0 Å². The number of hydrogen-bond donors (Lipinski definition) is 0. The van der Waals surface area contributed by atoms with Gasteiger partial charge in [-0.3, -0.25) is 9.47 Å². The molecule has 5 heteroatoms. The molecule has 0 amide bonds.